The van der Waals surface area contributed by atoms with Gasteiger partial charge < -0.3 is 0 Å². The first-order valence-corrected chi connectivity index (χ1v) is 9.66. The highest BCUT2D eigenvalue weighted by molar-refractivity contribution is 7.89. The maximum Gasteiger partial charge on any atom is 0.242 e. The van der Waals surface area contributed by atoms with Crippen molar-refractivity contribution in [2.75, 3.05) is 0 Å². The van der Waals surface area contributed by atoms with Crippen molar-refractivity contribution in [3.63, 3.8) is 0 Å². The first-order chi connectivity index (χ1) is 10.7. The van der Waals surface area contributed by atoms with Gasteiger partial charge in [-0.25, -0.2) is 13.1 Å². The van der Waals surface area contributed by atoms with E-state index in [-0.39, 0.29) is 20.0 Å². The van der Waals surface area contributed by atoms with E-state index in [1.54, 1.807) is 24.3 Å². The minimum absolute atomic E-state index is 0.0119. The van der Waals surface area contributed by atoms with Gasteiger partial charge in [-0.1, -0.05) is 65.5 Å². The summed E-state index contributed by atoms with van der Waals surface area (Å²) in [4.78, 5) is -0.110. The van der Waals surface area contributed by atoms with Crippen LogP contribution >= 0.6 is 46.4 Å². The maximum atomic E-state index is 12.6. The summed E-state index contributed by atoms with van der Waals surface area (Å²) in [5, 5.41) is 0.910. The van der Waals surface area contributed by atoms with Crippen LogP contribution in [0.5, 0.6) is 0 Å². The van der Waals surface area contributed by atoms with Gasteiger partial charge in [0.15, 0.2) is 0 Å². The number of nitrogens with one attached hydrogen (secondary N) is 1. The predicted octanol–water partition coefficient (Wildman–Crippen LogP) is 5.73. The molecule has 0 fully saturated rings. The summed E-state index contributed by atoms with van der Waals surface area (Å²) in [7, 11) is -3.86. The van der Waals surface area contributed by atoms with Crippen LogP contribution in [0.15, 0.2) is 41.3 Å². The highest BCUT2D eigenvalue weighted by atomic mass is 35.5. The molecule has 0 aliphatic carbocycles. The standard InChI is InChI=1S/C15H13Cl4NO2S/c1-2-14(9-3-5-10(16)6-4-9)20-23(21,22)15-8-12(18)11(17)7-13(15)19/h3-8,14,20H,2H2,1H3/t14-/m1/s1. The molecule has 124 valence electrons. The van der Waals surface area contributed by atoms with Crippen LogP contribution in [0.4, 0.5) is 0 Å². The van der Waals surface area contributed by atoms with Crippen molar-refractivity contribution in [1.82, 2.24) is 4.72 Å². The zero-order valence-electron chi connectivity index (χ0n) is 12.0. The molecular formula is C15H13Cl4NO2S. The molecule has 0 aliphatic heterocycles. The lowest BCUT2D eigenvalue weighted by molar-refractivity contribution is 0.550. The van der Waals surface area contributed by atoms with E-state index in [1.165, 1.54) is 12.1 Å². The number of hydrogen-bond acceptors (Lipinski definition) is 2. The SMILES string of the molecule is CC[C@@H](NS(=O)(=O)c1cc(Cl)c(Cl)cc1Cl)c1ccc(Cl)cc1. The lowest BCUT2D eigenvalue weighted by atomic mass is 10.1. The van der Waals surface area contributed by atoms with Crippen LogP contribution in [0, 0.1) is 0 Å². The molecule has 0 amide bonds. The molecule has 0 radical (unpaired) electrons. The van der Waals surface area contributed by atoms with E-state index >= 15 is 0 Å². The fourth-order valence-corrected chi connectivity index (χ4v) is 4.48. The van der Waals surface area contributed by atoms with Gasteiger partial charge >= 0.3 is 0 Å². The Morgan fingerprint density at radius 3 is 2.09 bits per heavy atom. The highest BCUT2D eigenvalue weighted by Crippen LogP contribution is 2.32. The van der Waals surface area contributed by atoms with Crippen molar-refractivity contribution in [1.29, 1.82) is 0 Å². The molecule has 8 heteroatoms. The quantitative estimate of drug-likeness (QED) is 0.637. The van der Waals surface area contributed by atoms with E-state index < -0.39 is 16.1 Å². The van der Waals surface area contributed by atoms with E-state index in [9.17, 15) is 8.42 Å². The summed E-state index contributed by atoms with van der Waals surface area (Å²) >= 11 is 23.6. The summed E-state index contributed by atoms with van der Waals surface area (Å²) in [6, 6.07) is 9.10. The van der Waals surface area contributed by atoms with Crippen LogP contribution in [0.2, 0.25) is 20.1 Å². The number of halogens is 4. The highest BCUT2D eigenvalue weighted by Gasteiger charge is 2.24. The molecule has 2 aromatic carbocycles. The van der Waals surface area contributed by atoms with E-state index in [2.05, 4.69) is 4.72 Å². The second-order valence-corrected chi connectivity index (χ2v) is 8.17. The lowest BCUT2D eigenvalue weighted by Gasteiger charge is -2.18. The van der Waals surface area contributed by atoms with Gasteiger partial charge in [0.1, 0.15) is 4.90 Å². The van der Waals surface area contributed by atoms with Gasteiger partial charge in [-0.2, -0.15) is 0 Å². The third-order valence-corrected chi connectivity index (χ3v) is 6.15. The number of hydrogen-bond donors (Lipinski definition) is 1. The average Bonchev–Trinajstić information content (AvgIpc) is 2.49. The molecule has 0 heterocycles. The summed E-state index contributed by atoms with van der Waals surface area (Å²) in [6.07, 6.45) is 0.555. The average molecular weight is 413 g/mol. The third-order valence-electron chi connectivity index (χ3n) is 3.24. The van der Waals surface area contributed by atoms with Crippen molar-refractivity contribution < 1.29 is 8.42 Å². The molecule has 2 aromatic rings. The number of sulfonamides is 1. The van der Waals surface area contributed by atoms with Gasteiger partial charge in [-0.3, -0.25) is 0 Å². The Morgan fingerprint density at radius 2 is 1.52 bits per heavy atom. The number of benzene rings is 2. The second-order valence-electron chi connectivity index (χ2n) is 4.83. The fraction of sp³-hybridized carbons (Fsp3) is 0.200. The molecule has 2 rings (SSSR count). The van der Waals surface area contributed by atoms with Crippen LogP contribution < -0.4 is 4.72 Å². The van der Waals surface area contributed by atoms with Gasteiger partial charge in [-0.15, -0.1) is 0 Å². The molecule has 0 unspecified atom stereocenters. The van der Waals surface area contributed by atoms with Crippen molar-refractivity contribution >= 4 is 56.4 Å². The van der Waals surface area contributed by atoms with Gasteiger partial charge in [0.25, 0.3) is 0 Å². The van der Waals surface area contributed by atoms with E-state index in [1.807, 2.05) is 6.92 Å². The van der Waals surface area contributed by atoms with Crippen LogP contribution in [0.25, 0.3) is 0 Å². The molecule has 0 saturated heterocycles. The number of rotatable bonds is 5. The first kappa shape index (κ1) is 18.8. The van der Waals surface area contributed by atoms with E-state index in [4.69, 9.17) is 46.4 Å². The zero-order valence-corrected chi connectivity index (χ0v) is 15.8. The fourth-order valence-electron chi connectivity index (χ4n) is 2.04. The first-order valence-electron chi connectivity index (χ1n) is 6.67. The molecule has 0 spiro atoms. The molecular weight excluding hydrogens is 400 g/mol. The van der Waals surface area contributed by atoms with Gasteiger partial charge in [0, 0.05) is 11.1 Å². The van der Waals surface area contributed by atoms with Crippen molar-refractivity contribution in [3.05, 3.63) is 62.1 Å². The molecule has 1 atom stereocenters. The monoisotopic (exact) mass is 411 g/mol. The Kier molecular flexibility index (Phi) is 6.22. The van der Waals surface area contributed by atoms with E-state index in [0.29, 0.717) is 11.4 Å². The Bertz CT molecular complexity index is 807. The van der Waals surface area contributed by atoms with Crippen molar-refractivity contribution in [2.45, 2.75) is 24.3 Å². The van der Waals surface area contributed by atoms with Gasteiger partial charge in [-0.05, 0) is 36.2 Å². The van der Waals surface area contributed by atoms with Crippen LogP contribution in [0.3, 0.4) is 0 Å². The molecule has 0 saturated carbocycles. The molecule has 23 heavy (non-hydrogen) atoms. The summed E-state index contributed by atoms with van der Waals surface area (Å²) in [5.41, 5.74) is 0.802. The normalized spacial score (nSPS) is 13.1. The zero-order chi connectivity index (χ0) is 17.2. The van der Waals surface area contributed by atoms with Crippen molar-refractivity contribution in [3.8, 4) is 0 Å². The molecule has 0 aromatic heterocycles. The Labute approximate surface area is 155 Å². The van der Waals surface area contributed by atoms with Crippen molar-refractivity contribution in [2.24, 2.45) is 0 Å². The summed E-state index contributed by atoms with van der Waals surface area (Å²) in [6.45, 7) is 1.87. The summed E-state index contributed by atoms with van der Waals surface area (Å²) in [5.74, 6) is 0. The topological polar surface area (TPSA) is 46.2 Å². The maximum absolute atomic E-state index is 12.6. The minimum Gasteiger partial charge on any atom is -0.207 e. The molecule has 0 aliphatic rings. The molecule has 3 nitrogen and oxygen atoms in total. The molecule has 0 bridgehead atoms. The Hall–Kier alpha value is -0.490. The van der Waals surface area contributed by atoms with Gasteiger partial charge in [0.05, 0.1) is 15.1 Å². The largest absolute Gasteiger partial charge is 0.242 e. The molecule has 1 N–H and O–H groups in total. The summed E-state index contributed by atoms with van der Waals surface area (Å²) < 4.78 is 27.8. The smallest absolute Gasteiger partial charge is 0.207 e. The Balaban J connectivity index is 2.36. The van der Waals surface area contributed by atoms with Crippen LogP contribution in [0.1, 0.15) is 24.9 Å². The lowest BCUT2D eigenvalue weighted by Crippen LogP contribution is -2.28. The third kappa shape index (κ3) is 4.53. The van der Waals surface area contributed by atoms with E-state index in [0.717, 1.165) is 5.56 Å². The van der Waals surface area contributed by atoms with Gasteiger partial charge in [0.2, 0.25) is 10.0 Å². The van der Waals surface area contributed by atoms with Crippen LogP contribution in [-0.4, -0.2) is 8.42 Å². The minimum atomic E-state index is -3.86. The van der Waals surface area contributed by atoms with Crippen LogP contribution in [-0.2, 0) is 10.0 Å². The Morgan fingerprint density at radius 1 is 0.957 bits per heavy atom. The second kappa shape index (κ2) is 7.60. The predicted molar refractivity (Wildman–Crippen MR) is 96.3 cm³/mol.